The fourth-order valence-electron chi connectivity index (χ4n) is 10.5. The predicted molar refractivity (Wildman–Crippen MR) is 174 cm³/mol. The van der Waals surface area contributed by atoms with Gasteiger partial charge in [0.2, 0.25) is 0 Å². The van der Waals surface area contributed by atoms with Crippen LogP contribution in [0, 0.1) is 0 Å². The maximum absolute atomic E-state index is 2.86. The zero-order valence-corrected chi connectivity index (χ0v) is 37.4. The van der Waals surface area contributed by atoms with E-state index in [1.165, 1.54) is 41.0 Å². The second-order valence-corrected chi connectivity index (χ2v) is 118. The molecule has 0 atom stereocenters. The third kappa shape index (κ3) is 3.75. The summed E-state index contributed by atoms with van der Waals surface area (Å²) in [6.45, 7) is 51.4. The van der Waals surface area contributed by atoms with E-state index >= 15 is 0 Å². The van der Waals surface area contributed by atoms with Crippen molar-refractivity contribution in [1.29, 1.82) is 0 Å². The zero-order chi connectivity index (χ0) is 25.1. The molecule has 0 amide bonds. The van der Waals surface area contributed by atoms with Gasteiger partial charge in [-0.05, 0) is 0 Å². The second kappa shape index (κ2) is 7.90. The normalized spacial score (nSPS) is 28.8. The van der Waals surface area contributed by atoms with Gasteiger partial charge in [0.1, 0.15) is 0 Å². The Bertz CT molecular complexity index is 575. The first-order valence-electron chi connectivity index (χ1n) is 12.2. The third-order valence-corrected chi connectivity index (χ3v) is 240. The van der Waals surface area contributed by atoms with Crippen molar-refractivity contribution in [2.45, 2.75) is 126 Å². The van der Waals surface area contributed by atoms with Crippen LogP contribution in [-0.2, 0) is 0 Å². The van der Waals surface area contributed by atoms with Crippen LogP contribution in [0.25, 0.3) is 0 Å². The molecule has 3 heterocycles. The minimum atomic E-state index is -1.22. The van der Waals surface area contributed by atoms with Crippen molar-refractivity contribution < 1.29 is 0 Å². The molecule has 0 radical (unpaired) electrons. The Morgan fingerprint density at radius 3 is 0.548 bits per heavy atom. The van der Waals surface area contributed by atoms with Gasteiger partial charge in [0.25, 0.3) is 0 Å². The minimum absolute atomic E-state index is 0.957. The molecule has 3 aliphatic heterocycles. The van der Waals surface area contributed by atoms with Crippen LogP contribution in [0.5, 0.6) is 0 Å². The molecule has 0 saturated carbocycles. The first kappa shape index (κ1) is 30.5. The topological polar surface area (TPSA) is 0 Å². The average molecular weight is 756 g/mol. The molecule has 184 valence electrons. The van der Waals surface area contributed by atoms with E-state index in [9.17, 15) is 0 Å². The molecule has 0 nitrogen and oxygen atoms in total. The Balaban J connectivity index is 2.77. The standard InChI is InChI=1S/C20H54Se3Si8/c1-24(2,3)19(25(4,5)6,26(7,8)9)30-21-31(22-30,23-30)20(27(10,11)12,28(13,14)15)29(16,17)18/h1-18H3. The van der Waals surface area contributed by atoms with Gasteiger partial charge in [-0.1, -0.05) is 0 Å². The van der Waals surface area contributed by atoms with E-state index in [0.717, 1.165) is 7.82 Å². The van der Waals surface area contributed by atoms with Gasteiger partial charge in [0.15, 0.2) is 0 Å². The molecule has 31 heavy (non-hydrogen) atoms. The molecule has 0 aromatic rings. The Kier molecular flexibility index (Phi) is 7.78. The molecule has 0 aromatic carbocycles. The molecule has 0 aliphatic carbocycles. The SMILES string of the molecule is C[Si](C)(C)C([Si](C)(C)C)([Si](C)(C)C)[Si]12[Se][Si](C([Si](C)(C)C)([Si](C)(C)C)[Si](C)(C)C)([Se]1)[Se]2. The molecule has 3 saturated heterocycles. The second-order valence-electron chi connectivity index (χ2n) is 16.4. The summed E-state index contributed by atoms with van der Waals surface area (Å²) in [5.74, 6) is 0. The molecular weight excluding hydrogens is 702 g/mol. The Morgan fingerprint density at radius 1 is 0.323 bits per heavy atom. The van der Waals surface area contributed by atoms with Crippen LogP contribution in [0.1, 0.15) is 0 Å². The number of hydrogen-bond acceptors (Lipinski definition) is 0. The van der Waals surface area contributed by atoms with Gasteiger partial charge in [-0.2, -0.15) is 0 Å². The summed E-state index contributed by atoms with van der Waals surface area (Å²) in [6, 6.07) is 0. The summed E-state index contributed by atoms with van der Waals surface area (Å²) in [6.07, 6.45) is 0. The summed E-state index contributed by atoms with van der Waals surface area (Å²) >= 11 is 3.59. The molecular formula is C20H54Se3Si8. The van der Waals surface area contributed by atoms with Crippen LogP contribution < -0.4 is 0 Å². The number of hydrogen-bond donors (Lipinski definition) is 0. The van der Waals surface area contributed by atoms with Crippen molar-refractivity contribution in [3.8, 4) is 0 Å². The molecule has 3 fully saturated rings. The molecule has 2 bridgehead atoms. The van der Waals surface area contributed by atoms with Crippen molar-refractivity contribution in [2.24, 2.45) is 0 Å². The van der Waals surface area contributed by atoms with E-state index in [2.05, 4.69) is 118 Å². The fourth-order valence-corrected chi connectivity index (χ4v) is 478. The van der Waals surface area contributed by atoms with Crippen LogP contribution >= 0.6 is 0 Å². The Hall–Kier alpha value is 3.29. The van der Waals surface area contributed by atoms with Gasteiger partial charge in [0, 0.05) is 0 Å². The first-order valence-corrected chi connectivity index (χ1v) is 52.1. The Morgan fingerprint density at radius 2 is 0.452 bits per heavy atom. The summed E-state index contributed by atoms with van der Waals surface area (Å²) in [4.78, 5) is 0. The molecule has 0 aromatic heterocycles. The fraction of sp³-hybridized carbons (Fsp3) is 1.00. The van der Waals surface area contributed by atoms with Gasteiger partial charge in [0.05, 0.1) is 0 Å². The first-order chi connectivity index (χ1) is 13.1. The van der Waals surface area contributed by atoms with Gasteiger partial charge in [-0.3, -0.25) is 0 Å². The van der Waals surface area contributed by atoms with Gasteiger partial charge in [-0.25, -0.2) is 0 Å². The summed E-state index contributed by atoms with van der Waals surface area (Å²) in [7, 11) is -7.30. The van der Waals surface area contributed by atoms with Crippen LogP contribution in [-0.4, -0.2) is 97.3 Å². The summed E-state index contributed by atoms with van der Waals surface area (Å²) in [5, 5.41) is 0. The molecule has 0 unspecified atom stereocenters. The van der Waals surface area contributed by atoms with Gasteiger partial charge in [-0.15, -0.1) is 0 Å². The van der Waals surface area contributed by atoms with Gasteiger partial charge >= 0.3 is 223 Å². The van der Waals surface area contributed by atoms with E-state index in [-0.39, 0.29) is 0 Å². The summed E-state index contributed by atoms with van der Waals surface area (Å²) < 4.78 is 0.0844. The average Bonchev–Trinajstić information content (AvgIpc) is 2.22. The van der Waals surface area contributed by atoms with E-state index in [0.29, 0.717) is 0 Å². The monoisotopic (exact) mass is 758 g/mol. The van der Waals surface area contributed by atoms with E-state index in [1.807, 2.05) is 0 Å². The van der Waals surface area contributed by atoms with Crippen molar-refractivity contribution >= 4 is 97.3 Å². The van der Waals surface area contributed by atoms with Crippen molar-refractivity contribution in [1.82, 2.24) is 0 Å². The van der Waals surface area contributed by atoms with Crippen LogP contribution in [0.2, 0.25) is 126 Å². The quantitative estimate of drug-likeness (QED) is 0.241. The van der Waals surface area contributed by atoms with Crippen molar-refractivity contribution in [2.75, 3.05) is 0 Å². The zero-order valence-electron chi connectivity index (χ0n) is 24.2. The molecule has 3 rings (SSSR count). The molecule has 3 aliphatic rings. The van der Waals surface area contributed by atoms with Crippen LogP contribution in [0.15, 0.2) is 0 Å². The van der Waals surface area contributed by atoms with Crippen molar-refractivity contribution in [3.63, 3.8) is 0 Å². The van der Waals surface area contributed by atoms with E-state index in [1.54, 1.807) is 0 Å². The van der Waals surface area contributed by atoms with E-state index in [4.69, 9.17) is 0 Å². The predicted octanol–water partition coefficient (Wildman–Crippen LogP) is 6.75. The molecule has 0 spiro atoms. The van der Waals surface area contributed by atoms with Gasteiger partial charge < -0.3 is 0 Å². The third-order valence-electron chi connectivity index (χ3n) is 8.47. The van der Waals surface area contributed by atoms with Crippen LogP contribution in [0.4, 0.5) is 0 Å². The van der Waals surface area contributed by atoms with Crippen LogP contribution in [0.3, 0.4) is 0 Å². The van der Waals surface area contributed by atoms with Crippen molar-refractivity contribution in [3.05, 3.63) is 0 Å². The summed E-state index contributed by atoms with van der Waals surface area (Å²) in [5.41, 5.74) is 0. The molecule has 0 N–H and O–H groups in total. The van der Waals surface area contributed by atoms with E-state index < -0.39 is 56.2 Å². The number of rotatable bonds is 8. The Labute approximate surface area is 220 Å². The maximum atomic E-state index is 2.86. The molecule has 11 heteroatoms.